The first-order valence-electron chi connectivity index (χ1n) is 7.40. The molecule has 0 spiro atoms. The molecule has 2 aromatic carbocycles. The standard InChI is InChI=1S/C18H20BrNO2/c1-18(2)13-20(21-12-14-6-4-3-5-7-14)17(22-18)15-8-10-16(19)11-9-15/h3-11,17H,12-13H2,1-2H3. The van der Waals surface area contributed by atoms with Crippen LogP contribution in [0.1, 0.15) is 31.2 Å². The monoisotopic (exact) mass is 361 g/mol. The van der Waals surface area contributed by atoms with E-state index in [0.29, 0.717) is 6.61 Å². The van der Waals surface area contributed by atoms with Gasteiger partial charge in [-0.15, -0.1) is 0 Å². The zero-order valence-electron chi connectivity index (χ0n) is 12.8. The number of hydroxylamine groups is 2. The van der Waals surface area contributed by atoms with Gasteiger partial charge in [-0.3, -0.25) is 4.84 Å². The zero-order valence-corrected chi connectivity index (χ0v) is 14.4. The van der Waals surface area contributed by atoms with Crippen LogP contribution in [0, 0.1) is 0 Å². The van der Waals surface area contributed by atoms with Gasteiger partial charge in [0.05, 0.1) is 18.8 Å². The lowest BCUT2D eigenvalue weighted by atomic mass is 10.1. The lowest BCUT2D eigenvalue weighted by Gasteiger charge is -2.22. The van der Waals surface area contributed by atoms with E-state index in [1.165, 1.54) is 0 Å². The van der Waals surface area contributed by atoms with Crippen molar-refractivity contribution in [3.8, 4) is 0 Å². The molecule has 3 rings (SSSR count). The van der Waals surface area contributed by atoms with Gasteiger partial charge < -0.3 is 4.74 Å². The van der Waals surface area contributed by atoms with E-state index < -0.39 is 0 Å². The lowest BCUT2D eigenvalue weighted by molar-refractivity contribution is -0.217. The van der Waals surface area contributed by atoms with Crippen molar-refractivity contribution >= 4 is 15.9 Å². The van der Waals surface area contributed by atoms with Gasteiger partial charge in [0, 0.05) is 4.47 Å². The van der Waals surface area contributed by atoms with Gasteiger partial charge in [0.1, 0.15) is 0 Å². The van der Waals surface area contributed by atoms with Gasteiger partial charge in [0.2, 0.25) is 0 Å². The van der Waals surface area contributed by atoms with E-state index in [-0.39, 0.29) is 11.8 Å². The Bertz CT molecular complexity index is 613. The van der Waals surface area contributed by atoms with Crippen molar-refractivity contribution in [1.82, 2.24) is 5.06 Å². The second-order valence-corrected chi connectivity index (χ2v) is 7.03. The zero-order chi connectivity index (χ0) is 15.6. The van der Waals surface area contributed by atoms with E-state index in [4.69, 9.17) is 9.57 Å². The fourth-order valence-electron chi connectivity index (χ4n) is 2.56. The average Bonchev–Trinajstić information content (AvgIpc) is 2.82. The van der Waals surface area contributed by atoms with Gasteiger partial charge >= 0.3 is 0 Å². The van der Waals surface area contributed by atoms with Crippen molar-refractivity contribution in [1.29, 1.82) is 0 Å². The van der Waals surface area contributed by atoms with Crippen molar-refractivity contribution in [3.05, 3.63) is 70.2 Å². The second-order valence-electron chi connectivity index (χ2n) is 6.12. The van der Waals surface area contributed by atoms with Crippen LogP contribution in [0.4, 0.5) is 0 Å². The second kappa shape index (κ2) is 6.50. The molecule has 0 aliphatic carbocycles. The van der Waals surface area contributed by atoms with Crippen molar-refractivity contribution in [2.75, 3.05) is 6.54 Å². The quantitative estimate of drug-likeness (QED) is 0.788. The van der Waals surface area contributed by atoms with Crippen LogP contribution in [0.25, 0.3) is 0 Å². The summed E-state index contributed by atoms with van der Waals surface area (Å²) in [5.74, 6) is 0. The van der Waals surface area contributed by atoms with Crippen molar-refractivity contribution in [3.63, 3.8) is 0 Å². The number of ether oxygens (including phenoxy) is 1. The van der Waals surface area contributed by atoms with Gasteiger partial charge in [-0.05, 0) is 37.1 Å². The normalized spacial score (nSPS) is 21.1. The molecule has 0 amide bonds. The first-order chi connectivity index (χ1) is 10.5. The van der Waals surface area contributed by atoms with Crippen LogP contribution < -0.4 is 0 Å². The summed E-state index contributed by atoms with van der Waals surface area (Å²) in [5.41, 5.74) is 2.03. The number of rotatable bonds is 4. The Labute approximate surface area is 139 Å². The van der Waals surface area contributed by atoms with Gasteiger partial charge in [0.25, 0.3) is 0 Å². The van der Waals surface area contributed by atoms with E-state index in [9.17, 15) is 0 Å². The fourth-order valence-corrected chi connectivity index (χ4v) is 2.83. The molecule has 22 heavy (non-hydrogen) atoms. The Morgan fingerprint density at radius 2 is 1.82 bits per heavy atom. The Morgan fingerprint density at radius 3 is 2.50 bits per heavy atom. The molecule has 1 fully saturated rings. The number of hydrogen-bond donors (Lipinski definition) is 0. The average molecular weight is 362 g/mol. The third-order valence-electron chi connectivity index (χ3n) is 3.62. The Morgan fingerprint density at radius 1 is 1.14 bits per heavy atom. The third-order valence-corrected chi connectivity index (χ3v) is 4.15. The Kier molecular flexibility index (Phi) is 4.64. The van der Waals surface area contributed by atoms with Crippen LogP contribution in [0.15, 0.2) is 59.1 Å². The maximum Gasteiger partial charge on any atom is 0.159 e. The summed E-state index contributed by atoms with van der Waals surface area (Å²) in [7, 11) is 0. The fraction of sp³-hybridized carbons (Fsp3) is 0.333. The van der Waals surface area contributed by atoms with Gasteiger partial charge in [-0.2, -0.15) is 5.06 Å². The van der Waals surface area contributed by atoms with Crippen LogP contribution in [0.2, 0.25) is 0 Å². The van der Waals surface area contributed by atoms with Crippen molar-refractivity contribution < 1.29 is 9.57 Å². The van der Waals surface area contributed by atoms with Crippen LogP contribution in [-0.2, 0) is 16.2 Å². The SMILES string of the molecule is CC1(C)CN(OCc2ccccc2)C(c2ccc(Br)cc2)O1. The number of benzene rings is 2. The summed E-state index contributed by atoms with van der Waals surface area (Å²) in [6.07, 6.45) is -0.174. The van der Waals surface area contributed by atoms with Crippen molar-refractivity contribution in [2.24, 2.45) is 0 Å². The minimum Gasteiger partial charge on any atom is -0.349 e. The molecular formula is C18H20BrNO2. The predicted molar refractivity (Wildman–Crippen MR) is 90.0 cm³/mol. The summed E-state index contributed by atoms with van der Waals surface area (Å²) >= 11 is 3.47. The number of hydrogen-bond acceptors (Lipinski definition) is 3. The van der Waals surface area contributed by atoms with E-state index >= 15 is 0 Å². The van der Waals surface area contributed by atoms with Crippen LogP contribution in [0.3, 0.4) is 0 Å². The minimum atomic E-state index is -0.228. The molecule has 3 nitrogen and oxygen atoms in total. The molecule has 1 aliphatic heterocycles. The van der Waals surface area contributed by atoms with Gasteiger partial charge in [-0.25, -0.2) is 0 Å². The first kappa shape index (κ1) is 15.7. The van der Waals surface area contributed by atoms with Crippen molar-refractivity contribution in [2.45, 2.75) is 32.3 Å². The minimum absolute atomic E-state index is 0.174. The molecule has 1 aliphatic rings. The molecule has 0 saturated carbocycles. The maximum atomic E-state index is 6.16. The summed E-state index contributed by atoms with van der Waals surface area (Å²) in [6.45, 7) is 5.46. The third kappa shape index (κ3) is 3.76. The van der Waals surface area contributed by atoms with Crippen LogP contribution in [0.5, 0.6) is 0 Å². The highest BCUT2D eigenvalue weighted by atomic mass is 79.9. The molecule has 1 saturated heterocycles. The smallest absolute Gasteiger partial charge is 0.159 e. The molecular weight excluding hydrogens is 342 g/mol. The molecule has 2 aromatic rings. The molecule has 1 heterocycles. The largest absolute Gasteiger partial charge is 0.349 e. The highest BCUT2D eigenvalue weighted by molar-refractivity contribution is 9.10. The lowest BCUT2D eigenvalue weighted by Crippen LogP contribution is -2.28. The number of nitrogens with zero attached hydrogens (tertiary/aromatic N) is 1. The summed E-state index contributed by atoms with van der Waals surface area (Å²) < 4.78 is 7.22. The molecule has 0 N–H and O–H groups in total. The molecule has 1 unspecified atom stereocenters. The molecule has 1 atom stereocenters. The summed E-state index contributed by atoms with van der Waals surface area (Å²) in [5, 5.41) is 1.94. The molecule has 4 heteroatoms. The van der Waals surface area contributed by atoms with E-state index in [1.54, 1.807) is 0 Å². The van der Waals surface area contributed by atoms with Gasteiger partial charge in [0.15, 0.2) is 6.23 Å². The Balaban J connectivity index is 1.74. The summed E-state index contributed by atoms with van der Waals surface area (Å²) in [4.78, 5) is 6.02. The maximum absolute atomic E-state index is 6.16. The summed E-state index contributed by atoms with van der Waals surface area (Å²) in [6, 6.07) is 18.4. The highest BCUT2D eigenvalue weighted by Gasteiger charge is 2.40. The predicted octanol–water partition coefficient (Wildman–Crippen LogP) is 4.69. The molecule has 0 radical (unpaired) electrons. The highest BCUT2D eigenvalue weighted by Crippen LogP contribution is 2.36. The van der Waals surface area contributed by atoms with E-state index in [2.05, 4.69) is 54.0 Å². The Hall–Kier alpha value is -1.20. The first-order valence-corrected chi connectivity index (χ1v) is 8.20. The molecule has 0 aromatic heterocycles. The molecule has 0 bridgehead atoms. The van der Waals surface area contributed by atoms with Gasteiger partial charge in [-0.1, -0.05) is 58.4 Å². The van der Waals surface area contributed by atoms with Crippen LogP contribution in [-0.4, -0.2) is 17.2 Å². The number of halogens is 1. The van der Waals surface area contributed by atoms with E-state index in [0.717, 1.165) is 22.1 Å². The molecule has 116 valence electrons. The van der Waals surface area contributed by atoms with Crippen LogP contribution >= 0.6 is 15.9 Å². The topological polar surface area (TPSA) is 21.7 Å². The van der Waals surface area contributed by atoms with E-state index in [1.807, 2.05) is 35.4 Å².